The molecule has 0 saturated carbocycles. The number of hydrogen-bond acceptors (Lipinski definition) is 3. The second-order valence-electron chi connectivity index (χ2n) is 14.2. The average Bonchev–Trinajstić information content (AvgIpc) is 3.78. The van der Waals surface area contributed by atoms with Gasteiger partial charge in [0.25, 0.3) is 0 Å². The minimum atomic E-state index is 0.815. The van der Waals surface area contributed by atoms with Gasteiger partial charge in [0.1, 0.15) is 0 Å². The van der Waals surface area contributed by atoms with Gasteiger partial charge in [-0.05, 0) is 73.2 Å². The third kappa shape index (κ3) is 5.94. The Balaban J connectivity index is 1.27. The fourth-order valence-electron chi connectivity index (χ4n) is 8.06. The van der Waals surface area contributed by atoms with Crippen LogP contribution in [0.2, 0.25) is 0 Å². The predicted molar refractivity (Wildman–Crippen MR) is 237 cm³/mol. The van der Waals surface area contributed by atoms with Crippen LogP contribution in [0.15, 0.2) is 195 Å². The van der Waals surface area contributed by atoms with E-state index >= 15 is 0 Å². The van der Waals surface area contributed by atoms with E-state index in [9.17, 15) is 0 Å². The first kappa shape index (κ1) is 33.9. The summed E-state index contributed by atoms with van der Waals surface area (Å²) in [5, 5.41) is 3.57. The van der Waals surface area contributed by atoms with Crippen molar-refractivity contribution in [1.82, 2.24) is 24.1 Å². The van der Waals surface area contributed by atoms with Crippen molar-refractivity contribution in [2.75, 3.05) is 0 Å². The van der Waals surface area contributed by atoms with Crippen molar-refractivity contribution in [2.45, 2.75) is 6.92 Å². The van der Waals surface area contributed by atoms with E-state index in [4.69, 9.17) is 15.0 Å². The zero-order valence-electron chi connectivity index (χ0n) is 31.4. The molecule has 0 amide bonds. The van der Waals surface area contributed by atoms with Crippen molar-refractivity contribution in [3.8, 4) is 56.4 Å². The Morgan fingerprint density at radius 3 is 1.60 bits per heavy atom. The molecule has 0 radical (unpaired) electrons. The summed E-state index contributed by atoms with van der Waals surface area (Å²) in [6.07, 6.45) is 9.87. The highest BCUT2D eigenvalue weighted by Crippen LogP contribution is 2.42. The summed E-state index contributed by atoms with van der Waals surface area (Å²) in [6.45, 7) is 6.25. The smallest absolute Gasteiger partial charge is 0.0788 e. The fourth-order valence-corrected chi connectivity index (χ4v) is 8.06. The molecule has 0 bridgehead atoms. The van der Waals surface area contributed by atoms with Crippen LogP contribution >= 0.6 is 0 Å². The highest BCUT2D eigenvalue weighted by Gasteiger charge is 2.23. The van der Waals surface area contributed by atoms with Gasteiger partial charge >= 0.3 is 0 Å². The van der Waals surface area contributed by atoms with E-state index in [0.717, 1.165) is 78.6 Å². The van der Waals surface area contributed by atoms with E-state index < -0.39 is 0 Å². The fraction of sp³-hybridized carbons (Fsp3) is 0.0192. The Labute approximate surface area is 331 Å². The Morgan fingerprint density at radius 2 is 1.02 bits per heavy atom. The maximum absolute atomic E-state index is 5.31. The van der Waals surface area contributed by atoms with Gasteiger partial charge in [0, 0.05) is 62.2 Å². The van der Waals surface area contributed by atoms with Crippen LogP contribution in [-0.2, 0) is 0 Å². The number of aromatic nitrogens is 5. The molecule has 0 aliphatic carbocycles. The molecule has 0 N–H and O–H groups in total. The maximum atomic E-state index is 5.31. The van der Waals surface area contributed by atoms with E-state index in [1.807, 2.05) is 60.9 Å². The minimum Gasteiger partial charge on any atom is -0.307 e. The molecule has 57 heavy (non-hydrogen) atoms. The molecule has 0 unspecified atom stereocenters. The van der Waals surface area contributed by atoms with Crippen LogP contribution in [0.5, 0.6) is 0 Å². The topological polar surface area (TPSA) is 48.5 Å². The molecule has 0 aliphatic rings. The number of rotatable bonds is 8. The van der Waals surface area contributed by atoms with Crippen LogP contribution in [0.25, 0.3) is 95.2 Å². The Hall–Kier alpha value is -7.63. The molecule has 0 saturated heterocycles. The van der Waals surface area contributed by atoms with Crippen LogP contribution in [0.3, 0.4) is 0 Å². The molecule has 5 aromatic heterocycles. The largest absolute Gasteiger partial charge is 0.307 e. The number of benzene rings is 5. The maximum Gasteiger partial charge on any atom is 0.0788 e. The van der Waals surface area contributed by atoms with Crippen molar-refractivity contribution in [1.29, 1.82) is 0 Å². The lowest BCUT2D eigenvalue weighted by atomic mass is 10.1. The monoisotopic (exact) mass is 731 g/mol. The standard InChI is InChI=1S/C52H37N5/c1-3-4-23-49-35(2)42-27-28-44-43-22-14-15-24-50(43)56(40-20-12-7-13-21-40)52(44)51(42)57(49)41-31-47(38-25-29-45(53-33-38)36-16-8-5-9-17-36)55-48(32-41)39-26-30-46(54-34-39)37-18-10-6-11-19-37/h3-34H,1H2,2H3/b23-4-. The molecule has 5 heteroatoms. The molecule has 0 fully saturated rings. The van der Waals surface area contributed by atoms with Gasteiger partial charge in [-0.25, -0.2) is 4.98 Å². The van der Waals surface area contributed by atoms with Gasteiger partial charge in [0.2, 0.25) is 0 Å². The van der Waals surface area contributed by atoms with Crippen LogP contribution in [0.4, 0.5) is 0 Å². The van der Waals surface area contributed by atoms with Gasteiger partial charge in [-0.1, -0.05) is 128 Å². The summed E-state index contributed by atoms with van der Waals surface area (Å²) in [5.41, 5.74) is 15.2. The van der Waals surface area contributed by atoms with Gasteiger partial charge < -0.3 is 9.13 Å². The highest BCUT2D eigenvalue weighted by molar-refractivity contribution is 6.19. The van der Waals surface area contributed by atoms with Gasteiger partial charge in [-0.3, -0.25) is 9.97 Å². The van der Waals surface area contributed by atoms with Crippen molar-refractivity contribution >= 4 is 38.8 Å². The minimum absolute atomic E-state index is 0.815. The predicted octanol–water partition coefficient (Wildman–Crippen LogP) is 13.1. The number of allylic oxidation sites excluding steroid dienone is 2. The molecule has 0 spiro atoms. The quantitative estimate of drug-likeness (QED) is 0.146. The molecular formula is C52H37N5. The van der Waals surface area contributed by atoms with E-state index in [1.54, 1.807) is 0 Å². The molecule has 0 aliphatic heterocycles. The van der Waals surface area contributed by atoms with E-state index in [0.29, 0.717) is 0 Å². The van der Waals surface area contributed by atoms with Gasteiger partial charge in [-0.2, -0.15) is 0 Å². The van der Waals surface area contributed by atoms with E-state index in [-0.39, 0.29) is 0 Å². The van der Waals surface area contributed by atoms with Gasteiger partial charge in [0.15, 0.2) is 0 Å². The molecule has 5 nitrogen and oxygen atoms in total. The number of hydrogen-bond donors (Lipinski definition) is 0. The molecule has 10 rings (SSSR count). The van der Waals surface area contributed by atoms with Crippen molar-refractivity contribution in [3.63, 3.8) is 0 Å². The molecular weight excluding hydrogens is 695 g/mol. The molecule has 5 aromatic carbocycles. The summed E-state index contributed by atoms with van der Waals surface area (Å²) < 4.78 is 4.81. The van der Waals surface area contributed by atoms with Crippen LogP contribution in [0.1, 0.15) is 11.3 Å². The van der Waals surface area contributed by atoms with Crippen molar-refractivity contribution in [3.05, 3.63) is 206 Å². The first-order chi connectivity index (χ1) is 28.2. The zero-order chi connectivity index (χ0) is 38.3. The van der Waals surface area contributed by atoms with Crippen LogP contribution in [0, 0.1) is 6.92 Å². The van der Waals surface area contributed by atoms with E-state index in [1.165, 1.54) is 21.7 Å². The normalized spacial score (nSPS) is 11.6. The zero-order valence-corrected chi connectivity index (χ0v) is 31.4. The second kappa shape index (κ2) is 14.2. The second-order valence-corrected chi connectivity index (χ2v) is 14.2. The Morgan fingerprint density at radius 1 is 0.474 bits per heavy atom. The van der Waals surface area contributed by atoms with Gasteiger partial charge in [0.05, 0.1) is 45.0 Å². The number of pyridine rings is 3. The third-order valence-corrected chi connectivity index (χ3v) is 10.8. The van der Waals surface area contributed by atoms with Crippen LogP contribution in [-0.4, -0.2) is 24.1 Å². The van der Waals surface area contributed by atoms with E-state index in [2.05, 4.69) is 156 Å². The first-order valence-electron chi connectivity index (χ1n) is 19.1. The first-order valence-corrected chi connectivity index (χ1v) is 19.1. The number of nitrogens with zero attached hydrogens (tertiary/aromatic N) is 5. The Bertz CT molecular complexity index is 3000. The SMILES string of the molecule is C=C/C=C\c1c(C)c2ccc3c4ccccc4n(-c4ccccc4)c3c2n1-c1cc(-c2ccc(-c3ccccc3)nc2)nc(-c2ccc(-c3ccccc3)nc2)c1. The number of para-hydroxylation sites is 2. The molecule has 0 atom stereocenters. The lowest BCUT2D eigenvalue weighted by molar-refractivity contribution is 1.08. The van der Waals surface area contributed by atoms with Gasteiger partial charge in [-0.15, -0.1) is 0 Å². The lowest BCUT2D eigenvalue weighted by Crippen LogP contribution is -2.02. The summed E-state index contributed by atoms with van der Waals surface area (Å²) in [5.74, 6) is 0. The van der Waals surface area contributed by atoms with Crippen molar-refractivity contribution < 1.29 is 0 Å². The number of fused-ring (bicyclic) bond motifs is 5. The van der Waals surface area contributed by atoms with Crippen molar-refractivity contribution in [2.24, 2.45) is 0 Å². The van der Waals surface area contributed by atoms with Crippen LogP contribution < -0.4 is 0 Å². The third-order valence-electron chi connectivity index (χ3n) is 10.8. The summed E-state index contributed by atoms with van der Waals surface area (Å²) >= 11 is 0. The molecule has 5 heterocycles. The number of aryl methyl sites for hydroxylation is 1. The highest BCUT2D eigenvalue weighted by atomic mass is 15.1. The summed E-state index contributed by atoms with van der Waals surface area (Å²) in [4.78, 5) is 15.1. The summed E-state index contributed by atoms with van der Waals surface area (Å²) in [6, 6.07) is 57.2. The summed E-state index contributed by atoms with van der Waals surface area (Å²) in [7, 11) is 0. The molecule has 10 aromatic rings. The lowest BCUT2D eigenvalue weighted by Gasteiger charge is -2.16. The molecule has 270 valence electrons. The Kier molecular flexibility index (Phi) is 8.46. The average molecular weight is 732 g/mol.